The van der Waals surface area contributed by atoms with Crippen LogP contribution in [0.25, 0.3) is 0 Å². The van der Waals surface area contributed by atoms with Crippen LogP contribution in [0.4, 0.5) is 15.9 Å². The quantitative estimate of drug-likeness (QED) is 0.887. The molecule has 0 atom stereocenters. The van der Waals surface area contributed by atoms with E-state index in [1.807, 2.05) is 0 Å². The van der Waals surface area contributed by atoms with Crippen LogP contribution in [0.1, 0.15) is 0 Å². The maximum absolute atomic E-state index is 12.7. The Balaban J connectivity index is 2.35. The van der Waals surface area contributed by atoms with E-state index in [2.05, 4.69) is 20.0 Å². The molecular weight excluding hydrogens is 271 g/mol. The Bertz CT molecular complexity index is 673. The van der Waals surface area contributed by atoms with Crippen molar-refractivity contribution >= 4 is 21.5 Å². The van der Waals surface area contributed by atoms with Crippen LogP contribution in [0, 0.1) is 5.82 Å². The zero-order valence-electron chi connectivity index (χ0n) is 9.96. The van der Waals surface area contributed by atoms with E-state index in [0.717, 1.165) is 12.3 Å². The first-order valence-corrected chi connectivity index (χ1v) is 6.77. The number of nitrogens with one attached hydrogen (secondary N) is 2. The van der Waals surface area contributed by atoms with Crippen molar-refractivity contribution < 1.29 is 12.8 Å². The molecule has 0 aromatic carbocycles. The molecule has 19 heavy (non-hydrogen) atoms. The van der Waals surface area contributed by atoms with Gasteiger partial charge in [-0.3, -0.25) is 9.71 Å². The van der Waals surface area contributed by atoms with Gasteiger partial charge in [0.1, 0.15) is 16.5 Å². The van der Waals surface area contributed by atoms with Gasteiger partial charge in [-0.25, -0.2) is 17.8 Å². The minimum Gasteiger partial charge on any atom is -0.387 e. The van der Waals surface area contributed by atoms with Gasteiger partial charge in [0.2, 0.25) is 0 Å². The fourth-order valence-electron chi connectivity index (χ4n) is 1.43. The zero-order chi connectivity index (χ0) is 13.9. The van der Waals surface area contributed by atoms with E-state index in [9.17, 15) is 12.8 Å². The molecule has 0 bridgehead atoms. The molecule has 100 valence electrons. The van der Waals surface area contributed by atoms with Crippen molar-refractivity contribution in [2.75, 3.05) is 17.1 Å². The van der Waals surface area contributed by atoms with Crippen molar-refractivity contribution in [2.45, 2.75) is 4.90 Å². The molecule has 2 rings (SSSR count). The highest BCUT2D eigenvalue weighted by Crippen LogP contribution is 2.21. The van der Waals surface area contributed by atoms with Crippen LogP contribution in [-0.4, -0.2) is 25.4 Å². The van der Waals surface area contributed by atoms with Gasteiger partial charge in [-0.1, -0.05) is 0 Å². The number of rotatable bonds is 4. The van der Waals surface area contributed by atoms with Gasteiger partial charge < -0.3 is 5.32 Å². The van der Waals surface area contributed by atoms with E-state index in [1.165, 1.54) is 24.5 Å². The molecule has 0 aliphatic carbocycles. The summed E-state index contributed by atoms with van der Waals surface area (Å²) in [4.78, 5) is 7.40. The number of halogens is 1. The van der Waals surface area contributed by atoms with Gasteiger partial charge in [-0.15, -0.1) is 0 Å². The number of aromatic nitrogens is 2. The molecule has 0 aliphatic rings. The molecule has 0 radical (unpaired) electrons. The molecule has 0 aliphatic heterocycles. The van der Waals surface area contributed by atoms with Gasteiger partial charge in [-0.05, 0) is 18.2 Å². The highest BCUT2D eigenvalue weighted by molar-refractivity contribution is 7.92. The minimum atomic E-state index is -3.83. The maximum atomic E-state index is 12.7. The fourth-order valence-corrected chi connectivity index (χ4v) is 2.59. The molecule has 0 fully saturated rings. The Morgan fingerprint density at radius 1 is 1.21 bits per heavy atom. The highest BCUT2D eigenvalue weighted by Gasteiger charge is 2.18. The molecule has 6 nitrogen and oxygen atoms in total. The normalized spacial score (nSPS) is 11.1. The van der Waals surface area contributed by atoms with Gasteiger partial charge in [-0.2, -0.15) is 0 Å². The minimum absolute atomic E-state index is 0.0105. The van der Waals surface area contributed by atoms with E-state index in [1.54, 1.807) is 7.05 Å². The van der Waals surface area contributed by atoms with Crippen LogP contribution in [0.5, 0.6) is 0 Å². The molecule has 2 N–H and O–H groups in total. The first kappa shape index (κ1) is 13.2. The lowest BCUT2D eigenvalue weighted by Gasteiger charge is -2.10. The Hall–Kier alpha value is -2.22. The Kier molecular flexibility index (Phi) is 3.61. The molecule has 2 aromatic heterocycles. The molecule has 0 saturated carbocycles. The summed E-state index contributed by atoms with van der Waals surface area (Å²) in [5, 5.41) is 2.76. The van der Waals surface area contributed by atoms with Crippen molar-refractivity contribution in [1.29, 1.82) is 0 Å². The predicted octanol–water partition coefficient (Wildman–Crippen LogP) is 1.46. The highest BCUT2D eigenvalue weighted by atomic mass is 32.2. The average molecular weight is 282 g/mol. The lowest BCUT2D eigenvalue weighted by atomic mass is 10.4. The summed E-state index contributed by atoms with van der Waals surface area (Å²) in [6.45, 7) is 0. The smallest absolute Gasteiger partial charge is 0.266 e. The summed E-state index contributed by atoms with van der Waals surface area (Å²) in [5.41, 5.74) is 0.407. The van der Waals surface area contributed by atoms with Crippen LogP contribution >= 0.6 is 0 Å². The first-order valence-electron chi connectivity index (χ1n) is 5.29. The van der Waals surface area contributed by atoms with Gasteiger partial charge in [0, 0.05) is 19.4 Å². The predicted molar refractivity (Wildman–Crippen MR) is 68.8 cm³/mol. The van der Waals surface area contributed by atoms with Crippen molar-refractivity contribution in [3.05, 3.63) is 42.6 Å². The van der Waals surface area contributed by atoms with Crippen molar-refractivity contribution in [3.63, 3.8) is 0 Å². The van der Waals surface area contributed by atoms with Gasteiger partial charge in [0.25, 0.3) is 10.0 Å². The van der Waals surface area contributed by atoms with E-state index in [4.69, 9.17) is 0 Å². The maximum Gasteiger partial charge on any atom is 0.266 e. The van der Waals surface area contributed by atoms with E-state index < -0.39 is 15.8 Å². The summed E-state index contributed by atoms with van der Waals surface area (Å²) < 4.78 is 39.2. The molecule has 0 spiro atoms. The first-order chi connectivity index (χ1) is 9.03. The second-order valence-electron chi connectivity index (χ2n) is 3.59. The van der Waals surface area contributed by atoms with E-state index >= 15 is 0 Å². The monoisotopic (exact) mass is 282 g/mol. The lowest BCUT2D eigenvalue weighted by molar-refractivity contribution is 0.600. The van der Waals surface area contributed by atoms with E-state index in [-0.39, 0.29) is 10.7 Å². The number of anilines is 2. The van der Waals surface area contributed by atoms with Gasteiger partial charge in [0.15, 0.2) is 0 Å². The third kappa shape index (κ3) is 2.97. The van der Waals surface area contributed by atoms with Crippen LogP contribution in [-0.2, 0) is 10.0 Å². The standard InChI is InChI=1S/C11H11FN4O2S/c1-13-9-4-5-14-7-10(9)19(17,18)16-11-3-2-8(12)6-15-11/h2-7H,1H3,(H,13,14)(H,15,16). The Morgan fingerprint density at radius 3 is 2.63 bits per heavy atom. The zero-order valence-corrected chi connectivity index (χ0v) is 10.8. The van der Waals surface area contributed by atoms with Gasteiger partial charge >= 0.3 is 0 Å². The SMILES string of the molecule is CNc1ccncc1S(=O)(=O)Nc1ccc(F)cn1. The lowest BCUT2D eigenvalue weighted by Crippen LogP contribution is -2.15. The molecule has 2 aromatic rings. The van der Waals surface area contributed by atoms with Gasteiger partial charge in [0.05, 0.1) is 11.9 Å². The molecule has 8 heteroatoms. The average Bonchev–Trinajstić information content (AvgIpc) is 2.41. The number of nitrogens with zero attached hydrogens (tertiary/aromatic N) is 2. The summed E-state index contributed by atoms with van der Waals surface area (Å²) in [5.74, 6) is -0.507. The number of sulfonamides is 1. The van der Waals surface area contributed by atoms with E-state index in [0.29, 0.717) is 5.69 Å². The third-order valence-electron chi connectivity index (χ3n) is 2.31. The molecule has 0 saturated heterocycles. The van der Waals surface area contributed by atoms with Crippen molar-refractivity contribution in [1.82, 2.24) is 9.97 Å². The molecule has 0 unspecified atom stereocenters. The summed E-state index contributed by atoms with van der Waals surface area (Å²) in [7, 11) is -2.23. The molecular formula is C11H11FN4O2S. The summed E-state index contributed by atoms with van der Waals surface area (Å²) in [6.07, 6.45) is 3.62. The topological polar surface area (TPSA) is 84.0 Å². The van der Waals surface area contributed by atoms with Crippen molar-refractivity contribution in [3.8, 4) is 0 Å². The van der Waals surface area contributed by atoms with Crippen LogP contribution in [0.2, 0.25) is 0 Å². The largest absolute Gasteiger partial charge is 0.387 e. The van der Waals surface area contributed by atoms with Crippen LogP contribution < -0.4 is 10.0 Å². The Labute approximate surface area is 109 Å². The van der Waals surface area contributed by atoms with Crippen LogP contribution in [0.15, 0.2) is 41.7 Å². The number of pyridine rings is 2. The summed E-state index contributed by atoms with van der Waals surface area (Å²) >= 11 is 0. The second kappa shape index (κ2) is 5.19. The number of hydrogen-bond acceptors (Lipinski definition) is 5. The third-order valence-corrected chi connectivity index (χ3v) is 3.69. The molecule has 2 heterocycles. The molecule has 0 amide bonds. The Morgan fingerprint density at radius 2 is 2.00 bits per heavy atom. The van der Waals surface area contributed by atoms with Crippen LogP contribution in [0.3, 0.4) is 0 Å². The fraction of sp³-hybridized carbons (Fsp3) is 0.0909. The second-order valence-corrected chi connectivity index (χ2v) is 5.24. The van der Waals surface area contributed by atoms with Crippen molar-refractivity contribution in [2.24, 2.45) is 0 Å². The number of hydrogen-bond donors (Lipinski definition) is 2. The summed E-state index contributed by atoms with van der Waals surface area (Å²) in [6, 6.07) is 3.89.